The normalized spacial score (nSPS) is 13.4. The molecule has 1 N–H and O–H groups in total. The largest absolute Gasteiger partial charge is 0.490 e. The first-order valence-corrected chi connectivity index (χ1v) is 6.24. The van der Waals surface area contributed by atoms with Crippen molar-refractivity contribution < 1.29 is 19.4 Å². The summed E-state index contributed by atoms with van der Waals surface area (Å²) in [5, 5.41) is 10.2. The van der Waals surface area contributed by atoms with E-state index in [2.05, 4.69) is 0 Å². The molecule has 0 saturated carbocycles. The van der Waals surface area contributed by atoms with E-state index in [1.54, 1.807) is 0 Å². The fraction of sp³-hybridized carbons (Fsp3) is 0.357. The summed E-state index contributed by atoms with van der Waals surface area (Å²) in [5.74, 6) is 0.408. The second-order valence-electron chi connectivity index (χ2n) is 4.44. The van der Waals surface area contributed by atoms with Crippen LogP contribution in [0.1, 0.15) is 16.1 Å². The van der Waals surface area contributed by atoms with Gasteiger partial charge in [-0.2, -0.15) is 0 Å². The molecular formula is C14H15NO4. The number of benzene rings is 1. The van der Waals surface area contributed by atoms with E-state index in [1.807, 2.05) is 22.8 Å². The summed E-state index contributed by atoms with van der Waals surface area (Å²) in [6.45, 7) is 1.14. The van der Waals surface area contributed by atoms with Crippen LogP contribution in [0.3, 0.4) is 0 Å². The number of methoxy groups -OCH3 is 1. The zero-order valence-corrected chi connectivity index (χ0v) is 10.7. The van der Waals surface area contributed by atoms with Gasteiger partial charge >= 0.3 is 5.97 Å². The topological polar surface area (TPSA) is 60.7 Å². The summed E-state index contributed by atoms with van der Waals surface area (Å²) in [4.78, 5) is 12.0. The van der Waals surface area contributed by atoms with Crippen LogP contribution in [0.4, 0.5) is 0 Å². The van der Waals surface area contributed by atoms with Gasteiger partial charge < -0.3 is 19.1 Å². The fourth-order valence-corrected chi connectivity index (χ4v) is 2.73. The van der Waals surface area contributed by atoms with E-state index < -0.39 is 0 Å². The zero-order chi connectivity index (χ0) is 13.4. The fourth-order valence-electron chi connectivity index (χ4n) is 2.73. The molecule has 0 spiro atoms. The first-order chi connectivity index (χ1) is 9.27. The Bertz CT molecular complexity index is 644. The van der Waals surface area contributed by atoms with Crippen molar-refractivity contribution in [3.05, 3.63) is 29.5 Å². The predicted octanol–water partition coefficient (Wildman–Crippen LogP) is 1.36. The Kier molecular flexibility index (Phi) is 2.91. The van der Waals surface area contributed by atoms with Crippen LogP contribution in [0, 0.1) is 0 Å². The van der Waals surface area contributed by atoms with Crippen molar-refractivity contribution in [1.29, 1.82) is 0 Å². The zero-order valence-electron chi connectivity index (χ0n) is 10.7. The van der Waals surface area contributed by atoms with Crippen LogP contribution < -0.4 is 4.74 Å². The molecule has 1 aliphatic heterocycles. The van der Waals surface area contributed by atoms with E-state index in [0.29, 0.717) is 25.3 Å². The van der Waals surface area contributed by atoms with E-state index in [-0.39, 0.29) is 12.6 Å². The third kappa shape index (κ3) is 1.69. The van der Waals surface area contributed by atoms with E-state index in [4.69, 9.17) is 9.47 Å². The van der Waals surface area contributed by atoms with Gasteiger partial charge in [0.15, 0.2) is 0 Å². The van der Waals surface area contributed by atoms with Crippen molar-refractivity contribution in [2.75, 3.05) is 20.3 Å². The third-order valence-corrected chi connectivity index (χ3v) is 3.46. The summed E-state index contributed by atoms with van der Waals surface area (Å²) in [6.07, 6.45) is 0.428. The van der Waals surface area contributed by atoms with Crippen molar-refractivity contribution in [2.24, 2.45) is 0 Å². The Hall–Kier alpha value is -2.01. The molecule has 19 heavy (non-hydrogen) atoms. The molecule has 5 nitrogen and oxygen atoms in total. The SMILES string of the molecule is COC(=O)c1c(CCO)c2cccc3c2n1CCO3. The van der Waals surface area contributed by atoms with Gasteiger partial charge in [0.25, 0.3) is 0 Å². The summed E-state index contributed by atoms with van der Waals surface area (Å²) >= 11 is 0. The van der Waals surface area contributed by atoms with Crippen LogP contribution in [0.2, 0.25) is 0 Å². The van der Waals surface area contributed by atoms with Crippen LogP contribution in [-0.2, 0) is 17.7 Å². The molecule has 0 unspecified atom stereocenters. The highest BCUT2D eigenvalue weighted by molar-refractivity contribution is 6.01. The van der Waals surface area contributed by atoms with Crippen molar-refractivity contribution in [3.63, 3.8) is 0 Å². The summed E-state index contributed by atoms with van der Waals surface area (Å²) in [6, 6.07) is 5.73. The van der Waals surface area contributed by atoms with Gasteiger partial charge in [-0.25, -0.2) is 4.79 Å². The number of aliphatic hydroxyl groups is 1. The van der Waals surface area contributed by atoms with E-state index in [9.17, 15) is 9.90 Å². The van der Waals surface area contributed by atoms with Crippen molar-refractivity contribution in [1.82, 2.24) is 4.57 Å². The molecule has 5 heteroatoms. The Morgan fingerprint density at radius 2 is 2.37 bits per heavy atom. The van der Waals surface area contributed by atoms with Gasteiger partial charge in [0, 0.05) is 12.0 Å². The van der Waals surface area contributed by atoms with Crippen LogP contribution in [-0.4, -0.2) is 36.0 Å². The highest BCUT2D eigenvalue weighted by Crippen LogP contribution is 2.35. The van der Waals surface area contributed by atoms with Gasteiger partial charge in [-0.1, -0.05) is 12.1 Å². The lowest BCUT2D eigenvalue weighted by atomic mass is 10.1. The maximum absolute atomic E-state index is 12.0. The molecule has 1 aliphatic rings. The second-order valence-corrected chi connectivity index (χ2v) is 4.44. The highest BCUT2D eigenvalue weighted by atomic mass is 16.5. The molecule has 0 fully saturated rings. The third-order valence-electron chi connectivity index (χ3n) is 3.46. The van der Waals surface area contributed by atoms with Gasteiger partial charge in [-0.3, -0.25) is 0 Å². The lowest BCUT2D eigenvalue weighted by Gasteiger charge is -2.18. The number of para-hydroxylation sites is 1. The molecule has 100 valence electrons. The van der Waals surface area contributed by atoms with E-state index in [1.165, 1.54) is 7.11 Å². The smallest absolute Gasteiger partial charge is 0.355 e. The molecular weight excluding hydrogens is 246 g/mol. The lowest BCUT2D eigenvalue weighted by Crippen LogP contribution is -2.19. The minimum atomic E-state index is -0.368. The first-order valence-electron chi connectivity index (χ1n) is 6.24. The quantitative estimate of drug-likeness (QED) is 0.847. The number of carbonyl (C=O) groups excluding carboxylic acids is 1. The number of hydrogen-bond donors (Lipinski definition) is 1. The number of rotatable bonds is 3. The summed E-state index contributed by atoms with van der Waals surface area (Å²) in [7, 11) is 1.37. The maximum atomic E-state index is 12.0. The average molecular weight is 261 g/mol. The second kappa shape index (κ2) is 4.59. The van der Waals surface area contributed by atoms with Crippen LogP contribution in [0.25, 0.3) is 10.9 Å². The summed E-state index contributed by atoms with van der Waals surface area (Å²) < 4.78 is 12.4. The molecule has 0 amide bonds. The number of carbonyl (C=O) groups is 1. The highest BCUT2D eigenvalue weighted by Gasteiger charge is 2.26. The first kappa shape index (κ1) is 12.0. The number of aromatic nitrogens is 1. The van der Waals surface area contributed by atoms with Gasteiger partial charge in [-0.05, 0) is 18.1 Å². The number of ether oxygens (including phenoxy) is 2. The van der Waals surface area contributed by atoms with Crippen molar-refractivity contribution >= 4 is 16.9 Å². The number of esters is 1. The molecule has 2 aromatic rings. The van der Waals surface area contributed by atoms with Crippen molar-refractivity contribution in [2.45, 2.75) is 13.0 Å². The lowest BCUT2D eigenvalue weighted by molar-refractivity contribution is 0.0586. The predicted molar refractivity (Wildman–Crippen MR) is 69.6 cm³/mol. The number of nitrogens with zero attached hydrogens (tertiary/aromatic N) is 1. The van der Waals surface area contributed by atoms with Gasteiger partial charge in [-0.15, -0.1) is 0 Å². The monoisotopic (exact) mass is 261 g/mol. The Morgan fingerprint density at radius 1 is 1.53 bits per heavy atom. The van der Waals surface area contributed by atoms with Gasteiger partial charge in [0.2, 0.25) is 0 Å². The van der Waals surface area contributed by atoms with E-state index in [0.717, 1.165) is 22.2 Å². The average Bonchev–Trinajstić information content (AvgIpc) is 2.76. The van der Waals surface area contributed by atoms with Crippen molar-refractivity contribution in [3.8, 4) is 5.75 Å². The Labute approximate surface area is 110 Å². The molecule has 3 rings (SSSR count). The molecule has 0 bridgehead atoms. The molecule has 2 heterocycles. The molecule has 0 saturated heterocycles. The van der Waals surface area contributed by atoms with Crippen LogP contribution in [0.15, 0.2) is 18.2 Å². The van der Waals surface area contributed by atoms with E-state index >= 15 is 0 Å². The van der Waals surface area contributed by atoms with Crippen LogP contribution in [0.5, 0.6) is 5.75 Å². The minimum absolute atomic E-state index is 0.00576. The van der Waals surface area contributed by atoms with Crippen LogP contribution >= 0.6 is 0 Å². The maximum Gasteiger partial charge on any atom is 0.355 e. The standard InChI is InChI=1S/C14H15NO4/c1-18-14(17)13-10(5-7-16)9-3-2-4-11-12(9)15(13)6-8-19-11/h2-4,16H,5-8H2,1H3. The number of hydrogen-bond acceptors (Lipinski definition) is 4. The molecule has 0 atom stereocenters. The Balaban J connectivity index is 2.36. The van der Waals surface area contributed by atoms with Gasteiger partial charge in [0.1, 0.15) is 18.1 Å². The Morgan fingerprint density at radius 3 is 3.11 bits per heavy atom. The summed E-state index contributed by atoms with van der Waals surface area (Å²) in [5.41, 5.74) is 2.27. The number of aliphatic hydroxyl groups excluding tert-OH is 1. The minimum Gasteiger partial charge on any atom is -0.490 e. The molecule has 0 radical (unpaired) electrons. The molecule has 1 aromatic heterocycles. The van der Waals surface area contributed by atoms with Gasteiger partial charge in [0.05, 0.1) is 19.2 Å². The molecule has 0 aliphatic carbocycles. The molecule has 1 aromatic carbocycles.